The lowest BCUT2D eigenvalue weighted by Gasteiger charge is -2.21. The third-order valence-electron chi connectivity index (χ3n) is 6.55. The van der Waals surface area contributed by atoms with Crippen molar-refractivity contribution in [2.24, 2.45) is 11.8 Å². The summed E-state index contributed by atoms with van der Waals surface area (Å²) in [5.41, 5.74) is 1.40. The molecule has 1 aromatic rings. The number of thioether (sulfide) groups is 2. The van der Waals surface area contributed by atoms with Crippen LogP contribution in [-0.4, -0.2) is 11.9 Å². The van der Waals surface area contributed by atoms with E-state index in [2.05, 4.69) is 13.8 Å². The minimum absolute atomic E-state index is 0.0187. The number of carbonyl (C=O) groups is 2. The summed E-state index contributed by atoms with van der Waals surface area (Å²) >= 11 is 2.44. The van der Waals surface area contributed by atoms with E-state index in [0.717, 1.165) is 38.5 Å². The fourth-order valence-electron chi connectivity index (χ4n) is 3.99. The van der Waals surface area contributed by atoms with Gasteiger partial charge in [0.15, 0.2) is 0 Å². The second-order valence-corrected chi connectivity index (χ2v) is 11.3. The number of nitriles is 2. The molecule has 0 radical (unpaired) electrons. The molecule has 0 saturated carbocycles. The molecule has 1 aliphatic rings. The molecule has 1 aliphatic heterocycles. The molecular weight excluding hydrogens is 492 g/mol. The quantitative estimate of drug-likeness (QED) is 0.153. The number of hydrogen-bond donors (Lipinski definition) is 0. The number of hydrogen-bond acceptors (Lipinski definition) is 8. The minimum atomic E-state index is -0.283. The molecule has 0 amide bonds. The Morgan fingerprint density at radius 1 is 0.778 bits per heavy atom. The first-order valence-electron chi connectivity index (χ1n) is 12.8. The van der Waals surface area contributed by atoms with Crippen LogP contribution in [0.4, 0.5) is 0 Å². The average Bonchev–Trinajstić information content (AvgIpc) is 3.31. The van der Waals surface area contributed by atoms with Crippen molar-refractivity contribution in [1.29, 1.82) is 10.5 Å². The van der Waals surface area contributed by atoms with Gasteiger partial charge in [-0.25, -0.2) is 0 Å². The molecule has 2 rings (SSSR count). The largest absolute Gasteiger partial charge is 0.425 e. The second-order valence-electron chi connectivity index (χ2n) is 8.99. The van der Waals surface area contributed by atoms with E-state index in [1.165, 1.54) is 23.5 Å². The van der Waals surface area contributed by atoms with Crippen molar-refractivity contribution in [1.82, 2.24) is 0 Å². The number of benzene rings is 1. The number of allylic oxidation sites excluding steroid dienone is 1. The standard InChI is InChI=1S/C28H36N2O4S2/c1-7-11-13-19(9-3)26(31)33-22-17(5)18(6)23(34-27(32)20(10-4)14-12-8-2)25-24(22)35-28(36-25)21(15-29)16-30/h19-20H,7-14H2,1-6H3. The molecule has 0 saturated heterocycles. The summed E-state index contributed by atoms with van der Waals surface area (Å²) in [4.78, 5) is 27.4. The maximum absolute atomic E-state index is 13.1. The van der Waals surface area contributed by atoms with Crippen LogP contribution in [0.2, 0.25) is 0 Å². The van der Waals surface area contributed by atoms with Crippen LogP contribution in [0, 0.1) is 48.3 Å². The number of carbonyl (C=O) groups excluding carboxylic acids is 2. The van der Waals surface area contributed by atoms with Crippen LogP contribution in [0.15, 0.2) is 19.6 Å². The summed E-state index contributed by atoms with van der Waals surface area (Å²) in [6.45, 7) is 11.8. The van der Waals surface area contributed by atoms with Crippen LogP contribution < -0.4 is 9.47 Å². The van der Waals surface area contributed by atoms with Crippen molar-refractivity contribution in [3.63, 3.8) is 0 Å². The summed E-state index contributed by atoms with van der Waals surface area (Å²) in [7, 11) is 0. The Kier molecular flexibility index (Phi) is 11.9. The minimum Gasteiger partial charge on any atom is -0.425 e. The smallest absolute Gasteiger partial charge is 0.314 e. The monoisotopic (exact) mass is 528 g/mol. The van der Waals surface area contributed by atoms with Gasteiger partial charge in [0.05, 0.1) is 25.9 Å². The van der Waals surface area contributed by atoms with Crippen molar-refractivity contribution in [3.8, 4) is 23.6 Å². The third-order valence-corrected chi connectivity index (χ3v) is 9.15. The summed E-state index contributed by atoms with van der Waals surface area (Å²) in [6, 6.07) is 3.88. The van der Waals surface area contributed by atoms with E-state index in [1.54, 1.807) is 0 Å². The van der Waals surface area contributed by atoms with E-state index >= 15 is 0 Å². The average molecular weight is 529 g/mol. The van der Waals surface area contributed by atoms with Crippen molar-refractivity contribution >= 4 is 35.5 Å². The maximum atomic E-state index is 13.1. The van der Waals surface area contributed by atoms with Gasteiger partial charge in [-0.3, -0.25) is 9.59 Å². The van der Waals surface area contributed by atoms with Crippen LogP contribution in [0.5, 0.6) is 11.5 Å². The van der Waals surface area contributed by atoms with Gasteiger partial charge in [-0.2, -0.15) is 10.5 Å². The van der Waals surface area contributed by atoms with Gasteiger partial charge in [0.1, 0.15) is 29.2 Å². The summed E-state index contributed by atoms with van der Waals surface area (Å²) < 4.78 is 12.5. The Morgan fingerprint density at radius 3 is 1.47 bits per heavy atom. The maximum Gasteiger partial charge on any atom is 0.314 e. The van der Waals surface area contributed by atoms with Gasteiger partial charge in [0.2, 0.25) is 0 Å². The third kappa shape index (κ3) is 6.87. The number of fused-ring (bicyclic) bond motifs is 1. The highest BCUT2D eigenvalue weighted by molar-refractivity contribution is 8.24. The summed E-state index contributed by atoms with van der Waals surface area (Å²) in [6.07, 6.45) is 6.78. The Bertz CT molecular complexity index is 1020. The normalized spacial score (nSPS) is 13.8. The molecule has 0 bridgehead atoms. The van der Waals surface area contributed by atoms with Gasteiger partial charge in [-0.1, -0.05) is 76.9 Å². The predicted molar refractivity (Wildman–Crippen MR) is 144 cm³/mol. The van der Waals surface area contributed by atoms with E-state index in [9.17, 15) is 20.1 Å². The molecule has 0 fully saturated rings. The molecule has 2 atom stereocenters. The molecule has 2 unspecified atom stereocenters. The fraction of sp³-hybridized carbons (Fsp3) is 0.571. The Morgan fingerprint density at radius 2 is 1.17 bits per heavy atom. The molecule has 0 N–H and O–H groups in total. The molecule has 1 aromatic carbocycles. The van der Waals surface area contributed by atoms with Gasteiger partial charge in [0, 0.05) is 0 Å². The Hall–Kier alpha value is -2.42. The van der Waals surface area contributed by atoms with Crippen molar-refractivity contribution in [2.45, 2.75) is 103 Å². The van der Waals surface area contributed by atoms with Crippen LogP contribution in [0.1, 0.15) is 90.2 Å². The second kappa shape index (κ2) is 14.4. The molecule has 1 heterocycles. The van der Waals surface area contributed by atoms with Gasteiger partial charge >= 0.3 is 11.9 Å². The molecule has 0 aliphatic carbocycles. The van der Waals surface area contributed by atoms with E-state index < -0.39 is 0 Å². The van der Waals surface area contributed by atoms with E-state index in [1.807, 2.05) is 39.8 Å². The van der Waals surface area contributed by atoms with Crippen LogP contribution >= 0.6 is 23.5 Å². The van der Waals surface area contributed by atoms with E-state index in [0.29, 0.717) is 49.5 Å². The van der Waals surface area contributed by atoms with E-state index in [4.69, 9.17) is 9.47 Å². The zero-order chi connectivity index (χ0) is 26.8. The Labute approximate surface area is 223 Å². The first kappa shape index (κ1) is 29.8. The zero-order valence-corrected chi connectivity index (χ0v) is 23.8. The molecule has 194 valence electrons. The summed E-state index contributed by atoms with van der Waals surface area (Å²) in [5.74, 6) is -0.135. The number of nitrogens with zero attached hydrogens (tertiary/aromatic N) is 2. The molecule has 6 nitrogen and oxygen atoms in total. The number of unbranched alkanes of at least 4 members (excludes halogenated alkanes) is 2. The predicted octanol–water partition coefficient (Wildman–Crippen LogP) is 8.00. The number of esters is 2. The fourth-order valence-corrected chi connectivity index (χ4v) is 6.61. The lowest BCUT2D eigenvalue weighted by atomic mass is 9.99. The summed E-state index contributed by atoms with van der Waals surface area (Å²) in [5, 5.41) is 18.9. The zero-order valence-electron chi connectivity index (χ0n) is 22.2. The van der Waals surface area contributed by atoms with Crippen molar-refractivity contribution in [3.05, 3.63) is 20.9 Å². The highest BCUT2D eigenvalue weighted by Gasteiger charge is 2.35. The first-order chi connectivity index (χ1) is 17.3. The van der Waals surface area contributed by atoms with Gasteiger partial charge < -0.3 is 9.47 Å². The lowest BCUT2D eigenvalue weighted by Crippen LogP contribution is -2.22. The molecule has 0 spiro atoms. The lowest BCUT2D eigenvalue weighted by molar-refractivity contribution is -0.140. The highest BCUT2D eigenvalue weighted by Crippen LogP contribution is 2.61. The molecular formula is C28H36N2O4S2. The van der Waals surface area contributed by atoms with Crippen molar-refractivity contribution in [2.75, 3.05) is 0 Å². The first-order valence-corrected chi connectivity index (χ1v) is 14.4. The number of ether oxygens (including phenoxy) is 2. The van der Waals surface area contributed by atoms with Crippen LogP contribution in [0.25, 0.3) is 0 Å². The van der Waals surface area contributed by atoms with Crippen LogP contribution in [0.3, 0.4) is 0 Å². The van der Waals surface area contributed by atoms with E-state index in [-0.39, 0.29) is 29.3 Å². The van der Waals surface area contributed by atoms with Crippen LogP contribution in [-0.2, 0) is 9.59 Å². The highest BCUT2D eigenvalue weighted by atomic mass is 32.2. The van der Waals surface area contributed by atoms with Gasteiger partial charge in [-0.05, 0) is 50.7 Å². The SMILES string of the molecule is CCCCC(CC)C(=O)Oc1c(C)c(C)c(OC(=O)C(CC)CCCC)c2c1SC(=C(C#N)C#N)S2. The van der Waals surface area contributed by atoms with Crippen molar-refractivity contribution < 1.29 is 19.1 Å². The molecule has 0 aromatic heterocycles. The topological polar surface area (TPSA) is 100 Å². The van der Waals surface area contributed by atoms with Gasteiger partial charge in [0.25, 0.3) is 0 Å². The Balaban J connectivity index is 2.56. The van der Waals surface area contributed by atoms with Gasteiger partial charge in [-0.15, -0.1) is 0 Å². The molecule has 8 heteroatoms. The molecule has 36 heavy (non-hydrogen) atoms. The number of rotatable bonds is 12.